The SMILES string of the molecule is COc1ccc(C2CC(c3ccccc3)=NN2C(=O)Cn2nc(C(C)(C)C)ccc2=O)cc1. The summed E-state index contributed by atoms with van der Waals surface area (Å²) in [4.78, 5) is 25.8. The van der Waals surface area contributed by atoms with Crippen LogP contribution in [0.4, 0.5) is 0 Å². The van der Waals surface area contributed by atoms with E-state index in [0.717, 1.165) is 28.3 Å². The number of hydrogen-bond donors (Lipinski definition) is 0. The van der Waals surface area contributed by atoms with Crippen molar-refractivity contribution in [1.82, 2.24) is 14.8 Å². The Balaban J connectivity index is 1.67. The maximum Gasteiger partial charge on any atom is 0.267 e. The largest absolute Gasteiger partial charge is 0.497 e. The molecule has 0 fully saturated rings. The fraction of sp³-hybridized carbons (Fsp3) is 0.308. The molecule has 0 aliphatic carbocycles. The molecule has 170 valence electrons. The van der Waals surface area contributed by atoms with E-state index in [0.29, 0.717) is 6.42 Å². The van der Waals surface area contributed by atoms with Gasteiger partial charge in [0, 0.05) is 17.9 Å². The molecule has 1 atom stereocenters. The van der Waals surface area contributed by atoms with Crippen LogP contribution in [0.3, 0.4) is 0 Å². The van der Waals surface area contributed by atoms with E-state index >= 15 is 0 Å². The van der Waals surface area contributed by atoms with Gasteiger partial charge in [-0.05, 0) is 29.3 Å². The fourth-order valence-corrected chi connectivity index (χ4v) is 3.79. The Morgan fingerprint density at radius 3 is 2.36 bits per heavy atom. The van der Waals surface area contributed by atoms with Crippen LogP contribution in [0.1, 0.15) is 50.1 Å². The minimum atomic E-state index is -0.316. The van der Waals surface area contributed by atoms with Crippen molar-refractivity contribution in [1.29, 1.82) is 0 Å². The maximum atomic E-state index is 13.4. The molecule has 2 aromatic carbocycles. The third kappa shape index (κ3) is 4.87. The summed E-state index contributed by atoms with van der Waals surface area (Å²) in [6.45, 7) is 5.87. The first-order valence-electron chi connectivity index (χ1n) is 10.9. The van der Waals surface area contributed by atoms with E-state index in [1.165, 1.54) is 15.8 Å². The standard InChI is InChI=1S/C26H28N4O3/c1-26(2,3)23-14-15-24(31)29(28-23)17-25(32)30-22(19-10-12-20(33-4)13-11-19)16-21(27-30)18-8-6-5-7-9-18/h5-15,22H,16-17H2,1-4H3. The van der Waals surface area contributed by atoms with Crippen LogP contribution in [0, 0.1) is 0 Å². The van der Waals surface area contributed by atoms with Crippen LogP contribution in [0.5, 0.6) is 5.75 Å². The molecule has 0 radical (unpaired) electrons. The first-order chi connectivity index (χ1) is 15.8. The molecule has 33 heavy (non-hydrogen) atoms. The second kappa shape index (κ2) is 9.02. The van der Waals surface area contributed by atoms with Crippen LogP contribution in [-0.2, 0) is 16.8 Å². The smallest absolute Gasteiger partial charge is 0.267 e. The number of aromatic nitrogens is 2. The van der Waals surface area contributed by atoms with E-state index in [9.17, 15) is 9.59 Å². The highest BCUT2D eigenvalue weighted by Crippen LogP contribution is 2.33. The van der Waals surface area contributed by atoms with Gasteiger partial charge in [0.1, 0.15) is 12.3 Å². The Kier molecular flexibility index (Phi) is 6.14. The molecular weight excluding hydrogens is 416 g/mol. The van der Waals surface area contributed by atoms with Gasteiger partial charge in [0.2, 0.25) is 0 Å². The molecule has 7 nitrogen and oxygen atoms in total. The van der Waals surface area contributed by atoms with Crippen molar-refractivity contribution in [2.75, 3.05) is 7.11 Å². The Morgan fingerprint density at radius 1 is 1.03 bits per heavy atom. The number of amides is 1. The molecule has 1 aromatic heterocycles. The average Bonchev–Trinajstić information content (AvgIpc) is 3.26. The zero-order valence-corrected chi connectivity index (χ0v) is 19.4. The minimum Gasteiger partial charge on any atom is -0.497 e. The molecule has 0 spiro atoms. The van der Waals surface area contributed by atoms with Crippen molar-refractivity contribution in [2.24, 2.45) is 5.10 Å². The molecule has 1 amide bonds. The van der Waals surface area contributed by atoms with Gasteiger partial charge in [-0.15, -0.1) is 0 Å². The molecular formula is C26H28N4O3. The van der Waals surface area contributed by atoms with Crippen LogP contribution in [0.15, 0.2) is 76.6 Å². The lowest BCUT2D eigenvalue weighted by molar-refractivity contribution is -0.134. The van der Waals surface area contributed by atoms with Gasteiger partial charge in [0.25, 0.3) is 11.5 Å². The summed E-state index contributed by atoms with van der Waals surface area (Å²) in [5, 5.41) is 10.6. The van der Waals surface area contributed by atoms with Gasteiger partial charge in [-0.3, -0.25) is 9.59 Å². The van der Waals surface area contributed by atoms with Gasteiger partial charge in [0.15, 0.2) is 0 Å². The second-order valence-electron chi connectivity index (χ2n) is 9.11. The van der Waals surface area contributed by atoms with Gasteiger partial charge in [-0.25, -0.2) is 9.69 Å². The minimum absolute atomic E-state index is 0.180. The van der Waals surface area contributed by atoms with Gasteiger partial charge in [-0.2, -0.15) is 10.2 Å². The van der Waals surface area contributed by atoms with Crippen molar-refractivity contribution < 1.29 is 9.53 Å². The first-order valence-corrected chi connectivity index (χ1v) is 10.9. The molecule has 4 rings (SSSR count). The molecule has 3 aromatic rings. The lowest BCUT2D eigenvalue weighted by Gasteiger charge is -2.23. The summed E-state index contributed by atoms with van der Waals surface area (Å²) in [5.41, 5.74) is 2.93. The van der Waals surface area contributed by atoms with Crippen LogP contribution < -0.4 is 10.3 Å². The van der Waals surface area contributed by atoms with E-state index in [-0.39, 0.29) is 29.5 Å². The summed E-state index contributed by atoms with van der Waals surface area (Å²) in [6.07, 6.45) is 0.576. The zero-order chi connectivity index (χ0) is 23.6. The van der Waals surface area contributed by atoms with Gasteiger partial charge in [-0.1, -0.05) is 63.2 Å². The Hall–Kier alpha value is -3.74. The van der Waals surface area contributed by atoms with Crippen molar-refractivity contribution in [3.8, 4) is 5.75 Å². The second-order valence-corrected chi connectivity index (χ2v) is 9.11. The van der Waals surface area contributed by atoms with Crippen LogP contribution in [-0.4, -0.2) is 33.5 Å². The number of hydrazone groups is 1. The van der Waals surface area contributed by atoms with Crippen molar-refractivity contribution in [3.63, 3.8) is 0 Å². The number of carbonyl (C=O) groups excluding carboxylic acids is 1. The third-order valence-corrected chi connectivity index (χ3v) is 5.69. The van der Waals surface area contributed by atoms with Crippen LogP contribution >= 0.6 is 0 Å². The topological polar surface area (TPSA) is 76.8 Å². The van der Waals surface area contributed by atoms with E-state index in [2.05, 4.69) is 10.2 Å². The monoisotopic (exact) mass is 444 g/mol. The number of carbonyl (C=O) groups is 1. The highest BCUT2D eigenvalue weighted by molar-refractivity contribution is 6.03. The Labute approximate surface area is 193 Å². The fourth-order valence-electron chi connectivity index (χ4n) is 3.79. The van der Waals surface area contributed by atoms with Crippen LogP contribution in [0.25, 0.3) is 0 Å². The molecule has 0 saturated carbocycles. The van der Waals surface area contributed by atoms with E-state index in [1.54, 1.807) is 13.2 Å². The Bertz CT molecular complexity index is 1220. The normalized spacial score (nSPS) is 15.9. The lowest BCUT2D eigenvalue weighted by atomic mass is 9.92. The molecule has 0 saturated heterocycles. The summed E-state index contributed by atoms with van der Waals surface area (Å²) >= 11 is 0. The first kappa shape index (κ1) is 22.5. The number of methoxy groups -OCH3 is 1. The number of nitrogens with zero attached hydrogens (tertiary/aromatic N) is 4. The molecule has 0 N–H and O–H groups in total. The van der Waals surface area contributed by atoms with Crippen molar-refractivity contribution in [2.45, 2.75) is 45.2 Å². The number of rotatable bonds is 5. The molecule has 7 heteroatoms. The van der Waals surface area contributed by atoms with Gasteiger partial charge in [0.05, 0.1) is 24.6 Å². The van der Waals surface area contributed by atoms with E-state index in [4.69, 9.17) is 4.74 Å². The predicted molar refractivity (Wildman–Crippen MR) is 127 cm³/mol. The van der Waals surface area contributed by atoms with E-state index in [1.807, 2.05) is 75.4 Å². The van der Waals surface area contributed by atoms with Crippen LogP contribution in [0.2, 0.25) is 0 Å². The van der Waals surface area contributed by atoms with E-state index < -0.39 is 0 Å². The molecule has 1 unspecified atom stereocenters. The maximum absolute atomic E-state index is 13.4. The predicted octanol–water partition coefficient (Wildman–Crippen LogP) is 3.93. The molecule has 2 heterocycles. The van der Waals surface area contributed by atoms with Gasteiger partial charge >= 0.3 is 0 Å². The zero-order valence-electron chi connectivity index (χ0n) is 19.4. The highest BCUT2D eigenvalue weighted by atomic mass is 16.5. The summed E-state index contributed by atoms with van der Waals surface area (Å²) in [6, 6.07) is 20.3. The summed E-state index contributed by atoms with van der Waals surface area (Å²) < 4.78 is 6.50. The van der Waals surface area contributed by atoms with Crippen molar-refractivity contribution in [3.05, 3.63) is 93.9 Å². The summed E-state index contributed by atoms with van der Waals surface area (Å²) in [5.74, 6) is 0.455. The number of benzene rings is 2. The molecule has 1 aliphatic heterocycles. The number of ether oxygens (including phenoxy) is 1. The molecule has 0 bridgehead atoms. The lowest BCUT2D eigenvalue weighted by Crippen LogP contribution is -2.36. The quantitative estimate of drug-likeness (QED) is 0.598. The van der Waals surface area contributed by atoms with Crippen molar-refractivity contribution >= 4 is 11.6 Å². The third-order valence-electron chi connectivity index (χ3n) is 5.69. The highest BCUT2D eigenvalue weighted by Gasteiger charge is 2.33. The van der Waals surface area contributed by atoms with Gasteiger partial charge < -0.3 is 4.74 Å². The summed E-state index contributed by atoms with van der Waals surface area (Å²) in [7, 11) is 1.62. The number of hydrogen-bond acceptors (Lipinski definition) is 5. The molecule has 1 aliphatic rings. The average molecular weight is 445 g/mol. The Morgan fingerprint density at radius 2 is 1.73 bits per heavy atom.